The molecule has 6 nitrogen and oxygen atoms in total. The zero-order valence-electron chi connectivity index (χ0n) is 14.9. The van der Waals surface area contributed by atoms with Gasteiger partial charge in [-0.15, -0.1) is 0 Å². The number of hydrogen-bond acceptors (Lipinski definition) is 3. The fraction of sp³-hybridized carbons (Fsp3) is 0.250. The number of likely N-dealkylation sites (N-methyl/N-ethyl adjacent to an activating group) is 1. The molecule has 0 bridgehead atoms. The summed E-state index contributed by atoms with van der Waals surface area (Å²) in [5.41, 5.74) is 2.69. The number of nitrogens with zero attached hydrogens (tertiary/aromatic N) is 1. The van der Waals surface area contributed by atoms with Crippen LogP contribution in [0.25, 0.3) is 0 Å². The first-order chi connectivity index (χ1) is 12.5. The lowest BCUT2D eigenvalue weighted by Crippen LogP contribution is -3.08. The van der Waals surface area contributed by atoms with Gasteiger partial charge < -0.3 is 10.2 Å². The third-order valence-corrected chi connectivity index (χ3v) is 4.59. The van der Waals surface area contributed by atoms with Gasteiger partial charge in [-0.25, -0.2) is 0 Å². The van der Waals surface area contributed by atoms with Crippen LogP contribution in [0.15, 0.2) is 48.5 Å². The van der Waals surface area contributed by atoms with Gasteiger partial charge in [-0.3, -0.25) is 19.3 Å². The highest BCUT2D eigenvalue weighted by molar-refractivity contribution is 6.21. The highest BCUT2D eigenvalue weighted by atomic mass is 16.2. The van der Waals surface area contributed by atoms with Crippen molar-refractivity contribution in [2.24, 2.45) is 0 Å². The number of carbonyl (C=O) groups excluding carboxylic acids is 3. The first-order valence-corrected chi connectivity index (χ1v) is 8.59. The smallest absolute Gasteiger partial charge is 0.261 e. The van der Waals surface area contributed by atoms with E-state index in [0.29, 0.717) is 29.8 Å². The van der Waals surface area contributed by atoms with E-state index in [-0.39, 0.29) is 17.7 Å². The Bertz CT molecular complexity index is 811. The van der Waals surface area contributed by atoms with Crippen LogP contribution in [-0.4, -0.2) is 49.8 Å². The zero-order chi connectivity index (χ0) is 18.7. The lowest BCUT2D eigenvalue weighted by atomic mass is 10.1. The lowest BCUT2D eigenvalue weighted by molar-refractivity contribution is -0.892. The lowest BCUT2D eigenvalue weighted by Gasteiger charge is -2.18. The van der Waals surface area contributed by atoms with Crippen LogP contribution in [0, 0.1) is 0 Å². The third-order valence-electron chi connectivity index (χ3n) is 4.59. The molecule has 0 saturated heterocycles. The number of rotatable bonds is 6. The van der Waals surface area contributed by atoms with E-state index in [1.807, 2.05) is 19.2 Å². The van der Waals surface area contributed by atoms with E-state index in [4.69, 9.17) is 0 Å². The topological polar surface area (TPSA) is 70.9 Å². The molecule has 1 aliphatic rings. The minimum Gasteiger partial charge on any atom is -0.355 e. The van der Waals surface area contributed by atoms with Crippen molar-refractivity contribution in [3.8, 4) is 0 Å². The summed E-state index contributed by atoms with van der Waals surface area (Å²) in [4.78, 5) is 38.8. The number of fused-ring (bicyclic) bond motifs is 1. The second-order valence-corrected chi connectivity index (χ2v) is 6.47. The fourth-order valence-corrected chi connectivity index (χ4v) is 3.10. The van der Waals surface area contributed by atoms with E-state index in [9.17, 15) is 14.4 Å². The average Bonchev–Trinajstić information content (AvgIpc) is 2.91. The first kappa shape index (κ1) is 17.8. The Morgan fingerprint density at radius 2 is 1.58 bits per heavy atom. The summed E-state index contributed by atoms with van der Waals surface area (Å²) in [6, 6.07) is 14.4. The molecule has 0 aliphatic carbocycles. The molecule has 1 atom stereocenters. The monoisotopic (exact) mass is 352 g/mol. The number of carbonyl (C=O) groups is 3. The van der Waals surface area contributed by atoms with Crippen LogP contribution in [0.5, 0.6) is 0 Å². The summed E-state index contributed by atoms with van der Waals surface area (Å²) >= 11 is 0. The van der Waals surface area contributed by atoms with Crippen molar-refractivity contribution >= 4 is 17.7 Å². The summed E-state index contributed by atoms with van der Waals surface area (Å²) in [5.74, 6) is -0.537. The Morgan fingerprint density at radius 3 is 2.12 bits per heavy atom. The van der Waals surface area contributed by atoms with Crippen molar-refractivity contribution in [3.63, 3.8) is 0 Å². The summed E-state index contributed by atoms with van der Waals surface area (Å²) in [7, 11) is 3.62. The standard InChI is InChI=1S/C20H21N3O3/c1-21-18(24)15-9-7-14(8-10-15)13-22(2)11-12-23-19(25)16-5-3-4-6-17(16)20(23)26/h3-10H,11-13H2,1-2H3,(H,21,24)/p+1. The normalized spacial score (nSPS) is 14.3. The van der Waals surface area contributed by atoms with Gasteiger partial charge in [0.1, 0.15) is 6.54 Å². The largest absolute Gasteiger partial charge is 0.355 e. The van der Waals surface area contributed by atoms with Crippen molar-refractivity contribution in [1.29, 1.82) is 0 Å². The maximum Gasteiger partial charge on any atom is 0.261 e. The molecule has 0 saturated carbocycles. The Hall–Kier alpha value is -2.99. The van der Waals surface area contributed by atoms with Crippen molar-refractivity contribution in [3.05, 3.63) is 70.8 Å². The molecule has 6 heteroatoms. The predicted octanol–water partition coefficient (Wildman–Crippen LogP) is 0.357. The molecule has 3 rings (SSSR count). The van der Waals surface area contributed by atoms with E-state index in [1.54, 1.807) is 43.4 Å². The van der Waals surface area contributed by atoms with Crippen molar-refractivity contribution in [1.82, 2.24) is 10.2 Å². The minimum absolute atomic E-state index is 0.108. The van der Waals surface area contributed by atoms with Gasteiger partial charge in [-0.05, 0) is 24.3 Å². The highest BCUT2D eigenvalue weighted by Gasteiger charge is 2.35. The van der Waals surface area contributed by atoms with Crippen LogP contribution in [-0.2, 0) is 6.54 Å². The van der Waals surface area contributed by atoms with E-state index in [2.05, 4.69) is 5.32 Å². The quantitative estimate of drug-likeness (QED) is 0.738. The Kier molecular flexibility index (Phi) is 5.14. The number of nitrogens with one attached hydrogen (secondary N) is 2. The molecular weight excluding hydrogens is 330 g/mol. The van der Waals surface area contributed by atoms with Gasteiger partial charge in [0, 0.05) is 18.2 Å². The van der Waals surface area contributed by atoms with Crippen molar-refractivity contribution < 1.29 is 19.3 Å². The number of amides is 3. The van der Waals surface area contributed by atoms with E-state index >= 15 is 0 Å². The predicted molar refractivity (Wildman–Crippen MR) is 97.1 cm³/mol. The summed E-state index contributed by atoms with van der Waals surface area (Å²) < 4.78 is 0. The molecule has 1 aliphatic heterocycles. The molecule has 134 valence electrons. The molecule has 3 amide bonds. The highest BCUT2D eigenvalue weighted by Crippen LogP contribution is 2.21. The maximum absolute atomic E-state index is 12.4. The molecule has 2 aromatic carbocycles. The summed E-state index contributed by atoms with van der Waals surface area (Å²) in [6.45, 7) is 1.79. The minimum atomic E-state index is -0.215. The molecule has 1 heterocycles. The maximum atomic E-state index is 12.4. The molecule has 0 fully saturated rings. The third kappa shape index (κ3) is 3.50. The fourth-order valence-electron chi connectivity index (χ4n) is 3.10. The van der Waals surface area contributed by atoms with Crippen LogP contribution in [0.3, 0.4) is 0 Å². The molecule has 1 unspecified atom stereocenters. The number of benzene rings is 2. The number of imide groups is 1. The van der Waals surface area contributed by atoms with Crippen LogP contribution in [0.4, 0.5) is 0 Å². The first-order valence-electron chi connectivity index (χ1n) is 8.59. The van der Waals surface area contributed by atoms with Gasteiger partial charge in [0.15, 0.2) is 0 Å². The van der Waals surface area contributed by atoms with Gasteiger partial charge in [0.05, 0.1) is 31.3 Å². The SMILES string of the molecule is CNC(=O)c1ccc(C[NH+](C)CCN2C(=O)c3ccccc3C2=O)cc1. The Balaban J connectivity index is 1.56. The van der Waals surface area contributed by atoms with Gasteiger partial charge in [-0.1, -0.05) is 24.3 Å². The summed E-state index contributed by atoms with van der Waals surface area (Å²) in [5, 5.41) is 2.60. The Morgan fingerprint density at radius 1 is 1.00 bits per heavy atom. The second-order valence-electron chi connectivity index (χ2n) is 6.47. The van der Waals surface area contributed by atoms with Crippen LogP contribution < -0.4 is 10.2 Å². The van der Waals surface area contributed by atoms with Crippen molar-refractivity contribution in [2.45, 2.75) is 6.54 Å². The van der Waals surface area contributed by atoms with Gasteiger partial charge in [0.25, 0.3) is 17.7 Å². The van der Waals surface area contributed by atoms with Crippen LogP contribution in [0.2, 0.25) is 0 Å². The van der Waals surface area contributed by atoms with Crippen LogP contribution in [0.1, 0.15) is 36.6 Å². The molecule has 2 aromatic rings. The average molecular weight is 352 g/mol. The van der Waals surface area contributed by atoms with Crippen LogP contribution >= 0.6 is 0 Å². The van der Waals surface area contributed by atoms with E-state index in [0.717, 1.165) is 12.1 Å². The number of hydrogen-bond donors (Lipinski definition) is 2. The van der Waals surface area contributed by atoms with Gasteiger partial charge in [-0.2, -0.15) is 0 Å². The van der Waals surface area contributed by atoms with E-state index in [1.165, 1.54) is 9.80 Å². The van der Waals surface area contributed by atoms with Gasteiger partial charge in [0.2, 0.25) is 0 Å². The molecule has 26 heavy (non-hydrogen) atoms. The second kappa shape index (κ2) is 7.49. The molecule has 0 radical (unpaired) electrons. The zero-order valence-corrected chi connectivity index (χ0v) is 14.9. The molecule has 0 spiro atoms. The molecule has 2 N–H and O–H groups in total. The number of quaternary nitrogens is 1. The Labute approximate surface area is 152 Å². The molecule has 0 aromatic heterocycles. The molecular formula is C20H22N3O3+. The summed E-state index contributed by atoms with van der Waals surface area (Å²) in [6.07, 6.45) is 0. The van der Waals surface area contributed by atoms with E-state index < -0.39 is 0 Å². The van der Waals surface area contributed by atoms with Crippen molar-refractivity contribution in [2.75, 3.05) is 27.2 Å². The van der Waals surface area contributed by atoms with Gasteiger partial charge >= 0.3 is 0 Å².